The number of para-hydroxylation sites is 1. The van der Waals surface area contributed by atoms with Gasteiger partial charge in [0, 0.05) is 6.42 Å². The average molecular weight is 474 g/mol. The lowest BCUT2D eigenvalue weighted by Crippen LogP contribution is -2.54. The van der Waals surface area contributed by atoms with Crippen LogP contribution in [0.5, 0.6) is 5.75 Å². The van der Waals surface area contributed by atoms with Crippen LogP contribution >= 0.6 is 0 Å². The van der Waals surface area contributed by atoms with Crippen LogP contribution in [0.15, 0.2) is 78.9 Å². The first-order chi connectivity index (χ1) is 16.8. The molecule has 2 amide bonds. The van der Waals surface area contributed by atoms with E-state index in [2.05, 4.69) is 10.6 Å². The SMILES string of the molecule is Cc1cccc(C)c1OCC(C)NC(=O)[C@H](Cc1ccccc1)NC(=O)[C@@H](N)Cc1ccccc1. The third-order valence-electron chi connectivity index (χ3n) is 5.83. The average Bonchev–Trinajstić information content (AvgIpc) is 2.84. The van der Waals surface area contributed by atoms with E-state index in [-0.39, 0.29) is 17.9 Å². The molecule has 3 rings (SSSR count). The Hall–Kier alpha value is -3.64. The highest BCUT2D eigenvalue weighted by molar-refractivity contribution is 5.90. The van der Waals surface area contributed by atoms with Crippen molar-refractivity contribution in [2.24, 2.45) is 5.73 Å². The molecule has 4 N–H and O–H groups in total. The van der Waals surface area contributed by atoms with Crippen LogP contribution in [-0.2, 0) is 22.4 Å². The standard InChI is InChI=1S/C29H35N3O3/c1-20-11-10-12-21(2)27(20)35-19-22(3)31-29(34)26(18-24-15-8-5-9-16-24)32-28(33)25(30)17-23-13-6-4-7-14-23/h4-16,22,25-26H,17-19,30H2,1-3H3,(H,31,34)(H,32,33)/t22?,25-,26-/m0/s1. The van der Waals surface area contributed by atoms with Gasteiger partial charge >= 0.3 is 0 Å². The number of carbonyl (C=O) groups is 2. The number of hydrogen-bond acceptors (Lipinski definition) is 4. The highest BCUT2D eigenvalue weighted by Crippen LogP contribution is 2.22. The normalized spacial score (nSPS) is 13.4. The summed E-state index contributed by atoms with van der Waals surface area (Å²) in [7, 11) is 0. The first-order valence-corrected chi connectivity index (χ1v) is 12.0. The van der Waals surface area contributed by atoms with Gasteiger partial charge in [-0.25, -0.2) is 0 Å². The summed E-state index contributed by atoms with van der Waals surface area (Å²) in [5.74, 6) is 0.200. The number of carbonyl (C=O) groups excluding carboxylic acids is 2. The zero-order valence-corrected chi connectivity index (χ0v) is 20.7. The third-order valence-corrected chi connectivity index (χ3v) is 5.83. The Labute approximate surface area is 207 Å². The van der Waals surface area contributed by atoms with Crippen molar-refractivity contribution in [2.45, 2.75) is 51.7 Å². The summed E-state index contributed by atoms with van der Waals surface area (Å²) in [6.45, 7) is 6.19. The molecule has 0 heterocycles. The third kappa shape index (κ3) is 7.97. The smallest absolute Gasteiger partial charge is 0.243 e. The minimum atomic E-state index is -0.756. The van der Waals surface area contributed by atoms with E-state index in [9.17, 15) is 9.59 Å². The van der Waals surface area contributed by atoms with Gasteiger partial charge in [0.1, 0.15) is 18.4 Å². The Balaban J connectivity index is 1.63. The van der Waals surface area contributed by atoms with Crippen LogP contribution in [0.3, 0.4) is 0 Å². The van der Waals surface area contributed by atoms with E-state index < -0.39 is 12.1 Å². The van der Waals surface area contributed by atoms with Crippen LogP contribution in [0.25, 0.3) is 0 Å². The monoisotopic (exact) mass is 473 g/mol. The maximum Gasteiger partial charge on any atom is 0.243 e. The molecular weight excluding hydrogens is 438 g/mol. The highest BCUT2D eigenvalue weighted by atomic mass is 16.5. The molecular formula is C29H35N3O3. The van der Waals surface area contributed by atoms with Crippen LogP contribution in [0, 0.1) is 13.8 Å². The molecule has 3 aromatic rings. The van der Waals surface area contributed by atoms with Crippen LogP contribution < -0.4 is 21.1 Å². The summed E-state index contributed by atoms with van der Waals surface area (Å²) in [4.78, 5) is 26.1. The Morgan fingerprint density at radius 1 is 0.771 bits per heavy atom. The summed E-state index contributed by atoms with van der Waals surface area (Å²) >= 11 is 0. The van der Waals surface area contributed by atoms with E-state index in [0.29, 0.717) is 19.4 Å². The molecule has 6 nitrogen and oxygen atoms in total. The van der Waals surface area contributed by atoms with Gasteiger partial charge in [0.15, 0.2) is 0 Å². The Bertz CT molecular complexity index is 1080. The minimum Gasteiger partial charge on any atom is -0.491 e. The van der Waals surface area contributed by atoms with E-state index in [4.69, 9.17) is 10.5 Å². The molecule has 35 heavy (non-hydrogen) atoms. The van der Waals surface area contributed by atoms with E-state index >= 15 is 0 Å². The molecule has 3 atom stereocenters. The van der Waals surface area contributed by atoms with Crippen molar-refractivity contribution in [3.63, 3.8) is 0 Å². The summed E-state index contributed by atoms with van der Waals surface area (Å²) in [6.07, 6.45) is 0.757. The molecule has 0 fully saturated rings. The van der Waals surface area contributed by atoms with Crippen molar-refractivity contribution >= 4 is 11.8 Å². The molecule has 0 aliphatic carbocycles. The zero-order valence-electron chi connectivity index (χ0n) is 20.7. The van der Waals surface area contributed by atoms with Crippen LogP contribution in [0.2, 0.25) is 0 Å². The van der Waals surface area contributed by atoms with Crippen molar-refractivity contribution in [3.05, 3.63) is 101 Å². The van der Waals surface area contributed by atoms with Crippen molar-refractivity contribution < 1.29 is 14.3 Å². The Morgan fingerprint density at radius 3 is 1.89 bits per heavy atom. The molecule has 184 valence electrons. The predicted molar refractivity (Wildman–Crippen MR) is 139 cm³/mol. The molecule has 1 unspecified atom stereocenters. The summed E-state index contributed by atoms with van der Waals surface area (Å²) in [5.41, 5.74) is 10.2. The van der Waals surface area contributed by atoms with E-state index in [1.165, 1.54) is 0 Å². The molecule has 0 aliphatic rings. The first kappa shape index (κ1) is 26.0. The number of aryl methyl sites for hydroxylation is 2. The fraction of sp³-hybridized carbons (Fsp3) is 0.310. The van der Waals surface area contributed by atoms with Crippen LogP contribution in [0.4, 0.5) is 0 Å². The second-order valence-corrected chi connectivity index (χ2v) is 8.99. The Kier molecular flexibility index (Phi) is 9.44. The molecule has 0 aromatic heterocycles. The number of rotatable bonds is 11. The number of hydrogen-bond donors (Lipinski definition) is 3. The van der Waals surface area contributed by atoms with Gasteiger partial charge in [-0.15, -0.1) is 0 Å². The van der Waals surface area contributed by atoms with Gasteiger partial charge in [-0.05, 0) is 49.4 Å². The lowest BCUT2D eigenvalue weighted by molar-refractivity contribution is -0.130. The van der Waals surface area contributed by atoms with Crippen molar-refractivity contribution in [1.82, 2.24) is 10.6 Å². The van der Waals surface area contributed by atoms with Crippen molar-refractivity contribution in [3.8, 4) is 5.75 Å². The predicted octanol–water partition coefficient (Wildman–Crippen LogP) is 3.48. The lowest BCUT2D eigenvalue weighted by atomic mass is 10.0. The fourth-order valence-electron chi connectivity index (χ4n) is 3.92. The largest absolute Gasteiger partial charge is 0.491 e. The van der Waals surface area contributed by atoms with Crippen molar-refractivity contribution in [2.75, 3.05) is 6.61 Å². The topological polar surface area (TPSA) is 93.5 Å². The quantitative estimate of drug-likeness (QED) is 0.397. The molecule has 0 radical (unpaired) electrons. The molecule has 0 spiro atoms. The van der Waals surface area contributed by atoms with Gasteiger partial charge in [-0.2, -0.15) is 0 Å². The van der Waals surface area contributed by atoms with Gasteiger partial charge in [-0.3, -0.25) is 9.59 Å². The molecule has 0 bridgehead atoms. The summed E-state index contributed by atoms with van der Waals surface area (Å²) < 4.78 is 5.99. The van der Waals surface area contributed by atoms with Gasteiger partial charge in [0.05, 0.1) is 12.1 Å². The summed E-state index contributed by atoms with van der Waals surface area (Å²) in [6, 6.07) is 23.4. The second-order valence-electron chi connectivity index (χ2n) is 8.99. The number of ether oxygens (including phenoxy) is 1. The number of nitrogens with one attached hydrogen (secondary N) is 2. The minimum absolute atomic E-state index is 0.255. The van der Waals surface area contributed by atoms with Gasteiger partial charge in [-0.1, -0.05) is 78.9 Å². The second kappa shape index (κ2) is 12.7. The van der Waals surface area contributed by atoms with Crippen LogP contribution in [0.1, 0.15) is 29.2 Å². The van der Waals surface area contributed by atoms with Gasteiger partial charge in [0.25, 0.3) is 0 Å². The number of amides is 2. The molecule has 3 aromatic carbocycles. The van der Waals surface area contributed by atoms with E-state index in [1.807, 2.05) is 99.6 Å². The molecule has 0 saturated heterocycles. The zero-order chi connectivity index (χ0) is 25.2. The molecule has 0 aliphatic heterocycles. The van der Waals surface area contributed by atoms with Gasteiger partial charge in [0.2, 0.25) is 11.8 Å². The summed E-state index contributed by atoms with van der Waals surface area (Å²) in [5, 5.41) is 5.85. The number of nitrogens with two attached hydrogens (primary N) is 1. The maximum atomic E-state index is 13.2. The van der Waals surface area contributed by atoms with E-state index in [0.717, 1.165) is 28.0 Å². The van der Waals surface area contributed by atoms with Gasteiger partial charge < -0.3 is 21.1 Å². The molecule has 6 heteroatoms. The van der Waals surface area contributed by atoms with E-state index in [1.54, 1.807) is 0 Å². The highest BCUT2D eigenvalue weighted by Gasteiger charge is 2.25. The molecule has 0 saturated carbocycles. The Morgan fingerprint density at radius 2 is 1.31 bits per heavy atom. The maximum absolute atomic E-state index is 13.2. The first-order valence-electron chi connectivity index (χ1n) is 12.0. The fourth-order valence-corrected chi connectivity index (χ4v) is 3.92. The number of benzene rings is 3. The van der Waals surface area contributed by atoms with Crippen LogP contribution in [-0.4, -0.2) is 36.5 Å². The van der Waals surface area contributed by atoms with Crippen molar-refractivity contribution in [1.29, 1.82) is 0 Å². The lowest BCUT2D eigenvalue weighted by Gasteiger charge is -2.23.